The van der Waals surface area contributed by atoms with E-state index < -0.39 is 0 Å². The van der Waals surface area contributed by atoms with Gasteiger partial charge in [0.2, 0.25) is 0 Å². The van der Waals surface area contributed by atoms with Gasteiger partial charge in [0.25, 0.3) is 9.76 Å². The molecule has 2 radical (unpaired) electrons. The van der Waals surface area contributed by atoms with Gasteiger partial charge in [-0.2, -0.15) is 12.1 Å². The quantitative estimate of drug-likeness (QED) is 0.524. The van der Waals surface area contributed by atoms with Gasteiger partial charge in [0, 0.05) is 17.1 Å². The van der Waals surface area contributed by atoms with E-state index in [4.69, 9.17) is 4.43 Å². The van der Waals surface area contributed by atoms with Crippen molar-refractivity contribution in [3.05, 3.63) is 83.9 Å². The molecule has 0 bridgehead atoms. The first-order valence-electron chi connectivity index (χ1n) is 6.65. The van der Waals surface area contributed by atoms with Crippen molar-refractivity contribution in [1.29, 1.82) is 0 Å². The van der Waals surface area contributed by atoms with Crippen LogP contribution >= 0.6 is 0 Å². The molecule has 0 aromatic heterocycles. The second-order valence-corrected chi connectivity index (χ2v) is 5.52. The zero-order valence-corrected chi connectivity index (χ0v) is 14.3. The summed E-state index contributed by atoms with van der Waals surface area (Å²) in [7, 11) is 0.399. The summed E-state index contributed by atoms with van der Waals surface area (Å²) >= 11 is 0. The van der Waals surface area contributed by atoms with Gasteiger partial charge in [-0.25, -0.2) is 12.1 Å². The summed E-state index contributed by atoms with van der Waals surface area (Å²) in [5, 5.41) is 1.25. The standard InChI is InChI=1S/C13H13OSi.C5H5.Fe/c1-10-6-5-9-13(11(10)2)14-15-12-7-3-4-8-12;1-2-4-5-3-1;/h3-9H,1-2H3;1-5H;/q-1;-5;. The molecule has 0 saturated heterocycles. The third-order valence-corrected chi connectivity index (χ3v) is 3.94. The molecule has 3 aromatic rings. The molecule has 21 heavy (non-hydrogen) atoms. The monoisotopic (exact) mass is 334 g/mol. The molecule has 0 unspecified atom stereocenters. The van der Waals surface area contributed by atoms with Crippen molar-refractivity contribution in [2.45, 2.75) is 13.8 Å². The van der Waals surface area contributed by atoms with E-state index in [2.05, 4.69) is 32.0 Å². The Balaban J connectivity index is 0.000000313. The molecular weight excluding hydrogens is 316 g/mol. The summed E-state index contributed by atoms with van der Waals surface area (Å²) in [5.41, 5.74) is 2.51. The van der Waals surface area contributed by atoms with Crippen LogP contribution in [0, 0.1) is 13.8 Å². The number of hydrogen-bond acceptors (Lipinski definition) is 1. The van der Waals surface area contributed by atoms with E-state index in [1.165, 1.54) is 16.3 Å². The zero-order valence-electron chi connectivity index (χ0n) is 12.2. The third-order valence-electron chi connectivity index (χ3n) is 3.05. The molecule has 1 nitrogen and oxygen atoms in total. The molecule has 0 fully saturated rings. The summed E-state index contributed by atoms with van der Waals surface area (Å²) < 4.78 is 5.79. The van der Waals surface area contributed by atoms with Gasteiger partial charge in [-0.05, 0) is 31.0 Å². The van der Waals surface area contributed by atoms with E-state index in [1.54, 1.807) is 0 Å². The van der Waals surface area contributed by atoms with E-state index in [0.717, 1.165) is 5.75 Å². The van der Waals surface area contributed by atoms with Crippen LogP contribution < -0.4 is 9.61 Å². The van der Waals surface area contributed by atoms with Gasteiger partial charge in [-0.15, -0.1) is 5.19 Å². The molecule has 0 aliphatic heterocycles. The maximum atomic E-state index is 5.79. The number of benzene rings is 1. The van der Waals surface area contributed by atoms with E-state index in [1.807, 2.05) is 54.6 Å². The first-order valence-corrected chi connectivity index (χ1v) is 7.55. The molecule has 0 spiro atoms. The maximum Gasteiger partial charge on any atom is 0.270 e. The first-order chi connectivity index (χ1) is 9.77. The minimum Gasteiger partial charge on any atom is -0.748 e. The van der Waals surface area contributed by atoms with Crippen LogP contribution in [0.3, 0.4) is 0 Å². The Morgan fingerprint density at radius 2 is 1.48 bits per heavy atom. The van der Waals surface area contributed by atoms with Crippen LogP contribution in [-0.4, -0.2) is 9.76 Å². The van der Waals surface area contributed by atoms with Crippen molar-refractivity contribution in [2.24, 2.45) is 0 Å². The molecule has 0 heterocycles. The predicted octanol–water partition coefficient (Wildman–Crippen LogP) is 3.75. The van der Waals surface area contributed by atoms with Crippen LogP contribution in [-0.2, 0) is 17.1 Å². The molecule has 3 aromatic carbocycles. The van der Waals surface area contributed by atoms with Crippen molar-refractivity contribution in [2.75, 3.05) is 0 Å². The van der Waals surface area contributed by atoms with Crippen LogP contribution in [0.4, 0.5) is 0 Å². The van der Waals surface area contributed by atoms with Gasteiger partial charge in [0.15, 0.2) is 0 Å². The Morgan fingerprint density at radius 3 is 2.05 bits per heavy atom. The zero-order chi connectivity index (χ0) is 14.2. The first kappa shape index (κ1) is 17.5. The summed E-state index contributed by atoms with van der Waals surface area (Å²) in [6.07, 6.45) is 0. The summed E-state index contributed by atoms with van der Waals surface area (Å²) in [4.78, 5) is 0. The second kappa shape index (κ2) is 9.40. The maximum absolute atomic E-state index is 5.79. The third kappa shape index (κ3) is 5.76. The molecular formula is C18H18FeOSi-6. The minimum atomic E-state index is 0. The fraction of sp³-hybridized carbons (Fsp3) is 0.111. The second-order valence-electron chi connectivity index (χ2n) is 4.54. The predicted molar refractivity (Wildman–Crippen MR) is 86.0 cm³/mol. The van der Waals surface area contributed by atoms with Crippen molar-refractivity contribution in [1.82, 2.24) is 0 Å². The van der Waals surface area contributed by atoms with Gasteiger partial charge < -0.3 is 34.8 Å². The Labute approximate surface area is 140 Å². The fourth-order valence-corrected chi connectivity index (χ4v) is 2.49. The summed E-state index contributed by atoms with van der Waals surface area (Å²) in [6, 6.07) is 24.4. The van der Waals surface area contributed by atoms with Crippen LogP contribution in [0.15, 0.2) is 72.8 Å². The van der Waals surface area contributed by atoms with Crippen LogP contribution in [0.25, 0.3) is 0 Å². The Bertz CT molecular complexity index is 583. The van der Waals surface area contributed by atoms with E-state index >= 15 is 0 Å². The van der Waals surface area contributed by atoms with Gasteiger partial charge in [0.1, 0.15) is 5.75 Å². The molecule has 114 valence electrons. The molecule has 0 amide bonds. The summed E-state index contributed by atoms with van der Waals surface area (Å²) in [6.45, 7) is 4.20. The number of hydrogen-bond donors (Lipinski definition) is 0. The SMILES string of the molecule is Cc1cccc(O[Si][c-]2cccc2)c1C.[Fe].[cH-]1[cH-][cH-][cH-][cH-]1. The molecule has 3 rings (SSSR count). The number of rotatable bonds is 3. The van der Waals surface area contributed by atoms with E-state index in [0.29, 0.717) is 9.76 Å². The molecule has 0 saturated carbocycles. The smallest absolute Gasteiger partial charge is 0.270 e. The molecule has 3 heteroatoms. The van der Waals surface area contributed by atoms with Crippen LogP contribution in [0.5, 0.6) is 5.75 Å². The topological polar surface area (TPSA) is 9.23 Å². The van der Waals surface area contributed by atoms with Crippen molar-refractivity contribution < 1.29 is 21.5 Å². The Morgan fingerprint density at radius 1 is 0.905 bits per heavy atom. The summed E-state index contributed by atoms with van der Waals surface area (Å²) in [5.74, 6) is 0.995. The van der Waals surface area contributed by atoms with Crippen LogP contribution in [0.1, 0.15) is 11.1 Å². The van der Waals surface area contributed by atoms with Crippen molar-refractivity contribution in [3.63, 3.8) is 0 Å². The average molecular weight is 334 g/mol. The van der Waals surface area contributed by atoms with Gasteiger partial charge in [0.05, 0.1) is 0 Å². The normalized spacial score (nSPS) is 9.24. The van der Waals surface area contributed by atoms with Crippen molar-refractivity contribution >= 4 is 14.9 Å². The molecule has 0 N–H and O–H groups in total. The molecule has 0 aliphatic rings. The molecule has 0 aliphatic carbocycles. The fourth-order valence-electron chi connectivity index (χ4n) is 1.71. The Kier molecular flexibility index (Phi) is 7.84. The van der Waals surface area contributed by atoms with Crippen molar-refractivity contribution in [3.8, 4) is 5.75 Å². The average Bonchev–Trinajstić information content (AvgIpc) is 3.16. The van der Waals surface area contributed by atoms with Gasteiger partial charge in [-0.1, -0.05) is 12.1 Å². The number of aryl methyl sites for hydroxylation is 1. The van der Waals surface area contributed by atoms with Gasteiger partial charge >= 0.3 is 0 Å². The van der Waals surface area contributed by atoms with Gasteiger partial charge in [-0.3, -0.25) is 0 Å². The van der Waals surface area contributed by atoms with Crippen LogP contribution in [0.2, 0.25) is 0 Å². The molecule has 0 atom stereocenters. The minimum absolute atomic E-state index is 0. The van der Waals surface area contributed by atoms with E-state index in [-0.39, 0.29) is 17.1 Å². The largest absolute Gasteiger partial charge is 0.748 e. The van der Waals surface area contributed by atoms with E-state index in [9.17, 15) is 0 Å². The Hall–Kier alpha value is -1.54.